The second-order valence-corrected chi connectivity index (χ2v) is 5.55. The predicted octanol–water partition coefficient (Wildman–Crippen LogP) is -0.865. The fraction of sp³-hybridized carbons (Fsp3) is 0.786. The van der Waals surface area contributed by atoms with Crippen LogP contribution in [0.1, 0.15) is 19.8 Å². The summed E-state index contributed by atoms with van der Waals surface area (Å²) in [5.41, 5.74) is 0. The molecule has 21 heavy (non-hydrogen) atoms. The average molecular weight is 298 g/mol. The van der Waals surface area contributed by atoms with Gasteiger partial charge in [-0.2, -0.15) is 0 Å². The lowest BCUT2D eigenvalue weighted by atomic mass is 10.2. The molecule has 0 unspecified atom stereocenters. The summed E-state index contributed by atoms with van der Waals surface area (Å²) in [7, 11) is 3.89. The van der Waals surface area contributed by atoms with E-state index >= 15 is 0 Å². The lowest BCUT2D eigenvalue weighted by Gasteiger charge is -2.35. The first-order valence-electron chi connectivity index (χ1n) is 7.35. The van der Waals surface area contributed by atoms with Crippen LogP contribution in [-0.2, 0) is 14.4 Å². The van der Waals surface area contributed by atoms with Gasteiger partial charge in [0.05, 0.1) is 0 Å². The molecule has 0 saturated carbocycles. The second-order valence-electron chi connectivity index (χ2n) is 5.55. The van der Waals surface area contributed by atoms with Crippen LogP contribution in [-0.4, -0.2) is 85.8 Å². The van der Waals surface area contributed by atoms with Crippen LogP contribution in [0.2, 0.25) is 0 Å². The van der Waals surface area contributed by atoms with Crippen molar-refractivity contribution in [2.24, 2.45) is 0 Å². The first-order chi connectivity index (χ1) is 9.90. The van der Waals surface area contributed by atoms with Crippen LogP contribution in [0.5, 0.6) is 0 Å². The van der Waals surface area contributed by atoms with Crippen molar-refractivity contribution < 1.29 is 14.4 Å². The van der Waals surface area contributed by atoms with Gasteiger partial charge in [0.25, 0.3) is 0 Å². The molecule has 0 aliphatic carbocycles. The fourth-order valence-electron chi connectivity index (χ4n) is 2.19. The minimum absolute atomic E-state index is 0.0316. The minimum atomic E-state index is -0.126. The molecular formula is C14H26N4O3. The molecule has 1 rings (SSSR count). The van der Waals surface area contributed by atoms with Gasteiger partial charge in [0.2, 0.25) is 17.7 Å². The van der Waals surface area contributed by atoms with E-state index in [1.54, 1.807) is 4.90 Å². The summed E-state index contributed by atoms with van der Waals surface area (Å²) in [6.45, 7) is 4.89. The maximum absolute atomic E-state index is 12.0. The highest BCUT2D eigenvalue weighted by atomic mass is 16.2. The Morgan fingerprint density at radius 2 is 1.43 bits per heavy atom. The highest BCUT2D eigenvalue weighted by molar-refractivity contribution is 5.79. The molecule has 0 aromatic carbocycles. The molecule has 1 aliphatic heterocycles. The molecule has 120 valence electrons. The number of nitrogens with zero attached hydrogens (tertiary/aromatic N) is 3. The zero-order valence-electron chi connectivity index (χ0n) is 13.2. The van der Waals surface area contributed by atoms with E-state index in [1.807, 2.05) is 23.9 Å². The van der Waals surface area contributed by atoms with Crippen LogP contribution in [0, 0.1) is 0 Å². The molecule has 1 aliphatic rings. The van der Waals surface area contributed by atoms with Crippen molar-refractivity contribution in [2.75, 3.05) is 53.4 Å². The molecule has 0 bridgehead atoms. The fourth-order valence-corrected chi connectivity index (χ4v) is 2.19. The molecule has 0 radical (unpaired) electrons. The van der Waals surface area contributed by atoms with Gasteiger partial charge in [-0.25, -0.2) is 0 Å². The van der Waals surface area contributed by atoms with Gasteiger partial charge in [0, 0.05) is 59.0 Å². The van der Waals surface area contributed by atoms with Crippen molar-refractivity contribution in [3.8, 4) is 0 Å². The number of carbonyl (C=O) groups is 3. The molecule has 0 aromatic rings. The van der Waals surface area contributed by atoms with Crippen molar-refractivity contribution in [1.82, 2.24) is 20.0 Å². The van der Waals surface area contributed by atoms with Crippen molar-refractivity contribution >= 4 is 17.7 Å². The van der Waals surface area contributed by atoms with E-state index in [0.29, 0.717) is 45.6 Å². The summed E-state index contributed by atoms with van der Waals surface area (Å²) < 4.78 is 0. The van der Waals surface area contributed by atoms with Crippen LogP contribution in [0.15, 0.2) is 0 Å². The SMILES string of the molecule is CC(=O)NCCC(=O)N1CCN(C(=O)CCN(C)C)CC1. The van der Waals surface area contributed by atoms with Crippen molar-refractivity contribution in [3.63, 3.8) is 0 Å². The highest BCUT2D eigenvalue weighted by Crippen LogP contribution is 2.05. The third kappa shape index (κ3) is 6.57. The predicted molar refractivity (Wildman–Crippen MR) is 79.6 cm³/mol. The normalized spacial score (nSPS) is 15.2. The molecule has 7 heteroatoms. The van der Waals surface area contributed by atoms with E-state index in [-0.39, 0.29) is 17.7 Å². The van der Waals surface area contributed by atoms with Gasteiger partial charge in [-0.05, 0) is 14.1 Å². The highest BCUT2D eigenvalue weighted by Gasteiger charge is 2.23. The Balaban J connectivity index is 2.26. The molecule has 7 nitrogen and oxygen atoms in total. The number of hydrogen-bond donors (Lipinski definition) is 1. The third-order valence-corrected chi connectivity index (χ3v) is 3.47. The summed E-state index contributed by atoms with van der Waals surface area (Å²) >= 11 is 0. The first-order valence-corrected chi connectivity index (χ1v) is 7.35. The average Bonchev–Trinajstić information content (AvgIpc) is 2.44. The van der Waals surface area contributed by atoms with Crippen molar-refractivity contribution in [1.29, 1.82) is 0 Å². The molecule has 1 saturated heterocycles. The van der Waals surface area contributed by atoms with E-state index in [1.165, 1.54) is 6.92 Å². The molecule has 3 amide bonds. The van der Waals surface area contributed by atoms with Crippen molar-refractivity contribution in [3.05, 3.63) is 0 Å². The Morgan fingerprint density at radius 1 is 0.952 bits per heavy atom. The number of carbonyl (C=O) groups excluding carboxylic acids is 3. The number of hydrogen-bond acceptors (Lipinski definition) is 4. The van der Waals surface area contributed by atoms with E-state index < -0.39 is 0 Å². The topological polar surface area (TPSA) is 73.0 Å². The number of amides is 3. The van der Waals surface area contributed by atoms with Gasteiger partial charge < -0.3 is 20.0 Å². The number of nitrogens with one attached hydrogen (secondary N) is 1. The van der Waals surface area contributed by atoms with Crippen LogP contribution in [0.4, 0.5) is 0 Å². The molecule has 1 N–H and O–H groups in total. The van der Waals surface area contributed by atoms with Gasteiger partial charge >= 0.3 is 0 Å². The monoisotopic (exact) mass is 298 g/mol. The number of piperazine rings is 1. The summed E-state index contributed by atoms with van der Waals surface area (Å²) in [5, 5.41) is 2.61. The van der Waals surface area contributed by atoms with Gasteiger partial charge in [0.15, 0.2) is 0 Å². The smallest absolute Gasteiger partial charge is 0.224 e. The summed E-state index contributed by atoms with van der Waals surface area (Å²) in [6, 6.07) is 0. The lowest BCUT2D eigenvalue weighted by Crippen LogP contribution is -2.51. The Kier molecular flexibility index (Phi) is 7.14. The standard InChI is InChI=1S/C14H26N4O3/c1-12(19)15-6-4-13(20)17-8-10-18(11-9-17)14(21)5-7-16(2)3/h4-11H2,1-3H3,(H,15,19). The maximum atomic E-state index is 12.0. The van der Waals surface area contributed by atoms with Crippen LogP contribution >= 0.6 is 0 Å². The van der Waals surface area contributed by atoms with Crippen LogP contribution in [0.3, 0.4) is 0 Å². The molecule has 0 atom stereocenters. The molecule has 0 aromatic heterocycles. The summed E-state index contributed by atoms with van der Waals surface area (Å²) in [6.07, 6.45) is 0.831. The molecule has 1 heterocycles. The molecular weight excluding hydrogens is 272 g/mol. The lowest BCUT2D eigenvalue weighted by molar-refractivity contribution is -0.139. The Labute approximate surface area is 126 Å². The third-order valence-electron chi connectivity index (χ3n) is 3.47. The Morgan fingerprint density at radius 3 is 1.86 bits per heavy atom. The quantitative estimate of drug-likeness (QED) is 0.692. The van der Waals surface area contributed by atoms with Gasteiger partial charge in [-0.3, -0.25) is 14.4 Å². The van der Waals surface area contributed by atoms with E-state index in [2.05, 4.69) is 5.32 Å². The zero-order valence-corrected chi connectivity index (χ0v) is 13.2. The van der Waals surface area contributed by atoms with Crippen LogP contribution < -0.4 is 5.32 Å². The Hall–Kier alpha value is -1.63. The van der Waals surface area contributed by atoms with E-state index in [0.717, 1.165) is 6.54 Å². The summed E-state index contributed by atoms with van der Waals surface area (Å²) in [4.78, 5) is 40.2. The zero-order chi connectivity index (χ0) is 15.8. The maximum Gasteiger partial charge on any atom is 0.224 e. The second kappa shape index (κ2) is 8.61. The van der Waals surface area contributed by atoms with E-state index in [9.17, 15) is 14.4 Å². The Bertz CT molecular complexity index is 376. The largest absolute Gasteiger partial charge is 0.356 e. The molecule has 1 fully saturated rings. The van der Waals surface area contributed by atoms with Gasteiger partial charge in [-0.15, -0.1) is 0 Å². The van der Waals surface area contributed by atoms with Gasteiger partial charge in [0.1, 0.15) is 0 Å². The van der Waals surface area contributed by atoms with Crippen molar-refractivity contribution in [2.45, 2.75) is 19.8 Å². The minimum Gasteiger partial charge on any atom is -0.356 e. The van der Waals surface area contributed by atoms with Gasteiger partial charge in [-0.1, -0.05) is 0 Å². The first kappa shape index (κ1) is 17.4. The van der Waals surface area contributed by atoms with E-state index in [4.69, 9.17) is 0 Å². The molecule has 0 spiro atoms. The summed E-state index contributed by atoms with van der Waals surface area (Å²) in [5.74, 6) is 0.0530. The van der Waals surface area contributed by atoms with Crippen LogP contribution in [0.25, 0.3) is 0 Å². The number of rotatable bonds is 6.